The fraction of sp³-hybridized carbons (Fsp3) is 0.174. The standard InChI is InChI=1S/C23H24N2O3S/c1-18(19-11-5-3-6-12-19)17-24-23(26)21-15-9-10-16-22(21)25(2)29(27,28)20-13-7-4-8-14-20/h3-16,18H,17H2,1-2H3,(H,24,26)/t18-/m1/s1. The summed E-state index contributed by atoms with van der Waals surface area (Å²) in [5.74, 6) is -0.170. The lowest BCUT2D eigenvalue weighted by atomic mass is 10.0. The number of hydrogen-bond donors (Lipinski definition) is 1. The molecule has 0 spiro atoms. The van der Waals surface area contributed by atoms with E-state index >= 15 is 0 Å². The van der Waals surface area contributed by atoms with Crippen molar-refractivity contribution in [1.29, 1.82) is 0 Å². The van der Waals surface area contributed by atoms with Crippen molar-refractivity contribution in [3.05, 3.63) is 96.1 Å². The molecule has 0 aliphatic heterocycles. The van der Waals surface area contributed by atoms with Crippen molar-refractivity contribution in [2.45, 2.75) is 17.7 Å². The Balaban J connectivity index is 1.80. The first-order valence-electron chi connectivity index (χ1n) is 9.37. The highest BCUT2D eigenvalue weighted by Crippen LogP contribution is 2.25. The van der Waals surface area contributed by atoms with Crippen LogP contribution in [0.4, 0.5) is 5.69 Å². The molecule has 150 valence electrons. The summed E-state index contributed by atoms with van der Waals surface area (Å²) < 4.78 is 27.1. The second-order valence-electron chi connectivity index (χ2n) is 6.82. The first-order chi connectivity index (χ1) is 13.9. The predicted molar refractivity (Wildman–Crippen MR) is 116 cm³/mol. The van der Waals surface area contributed by atoms with Crippen molar-refractivity contribution >= 4 is 21.6 Å². The van der Waals surface area contributed by atoms with Crippen LogP contribution in [0.25, 0.3) is 0 Å². The van der Waals surface area contributed by atoms with E-state index < -0.39 is 10.0 Å². The molecule has 3 aromatic carbocycles. The molecule has 1 amide bonds. The Hall–Kier alpha value is -3.12. The molecule has 0 fully saturated rings. The van der Waals surface area contributed by atoms with Gasteiger partial charge in [-0.25, -0.2) is 8.42 Å². The Labute approximate surface area is 172 Å². The van der Waals surface area contributed by atoms with Crippen LogP contribution in [0.1, 0.15) is 28.8 Å². The molecule has 5 nitrogen and oxygen atoms in total. The van der Waals surface area contributed by atoms with Gasteiger partial charge in [-0.05, 0) is 35.7 Å². The molecule has 3 aromatic rings. The van der Waals surface area contributed by atoms with Crippen LogP contribution in [0, 0.1) is 0 Å². The third-order valence-electron chi connectivity index (χ3n) is 4.83. The Morgan fingerprint density at radius 2 is 1.45 bits per heavy atom. The number of nitrogens with zero attached hydrogens (tertiary/aromatic N) is 1. The zero-order chi connectivity index (χ0) is 20.9. The molecule has 3 rings (SSSR count). The van der Waals surface area contributed by atoms with Crippen molar-refractivity contribution in [3.8, 4) is 0 Å². The van der Waals surface area contributed by atoms with E-state index in [2.05, 4.69) is 5.32 Å². The number of sulfonamides is 1. The van der Waals surface area contributed by atoms with E-state index in [1.54, 1.807) is 42.5 Å². The van der Waals surface area contributed by atoms with E-state index in [0.717, 1.165) is 9.87 Å². The average Bonchev–Trinajstić information content (AvgIpc) is 2.77. The number of anilines is 1. The minimum Gasteiger partial charge on any atom is -0.351 e. The van der Waals surface area contributed by atoms with Crippen LogP contribution in [-0.4, -0.2) is 27.9 Å². The minimum atomic E-state index is -3.77. The molecule has 0 saturated heterocycles. The highest BCUT2D eigenvalue weighted by molar-refractivity contribution is 7.92. The number of carbonyl (C=O) groups excluding carboxylic acids is 1. The molecule has 0 aliphatic rings. The first-order valence-corrected chi connectivity index (χ1v) is 10.8. The van der Waals surface area contributed by atoms with E-state index in [9.17, 15) is 13.2 Å². The molecular weight excluding hydrogens is 384 g/mol. The minimum absolute atomic E-state index is 0.137. The monoisotopic (exact) mass is 408 g/mol. The molecule has 0 aromatic heterocycles. The Morgan fingerprint density at radius 3 is 2.10 bits per heavy atom. The lowest BCUT2D eigenvalue weighted by Crippen LogP contribution is -2.32. The quantitative estimate of drug-likeness (QED) is 0.641. The van der Waals surface area contributed by atoms with Crippen LogP contribution >= 0.6 is 0 Å². The number of rotatable bonds is 7. The number of nitrogens with one attached hydrogen (secondary N) is 1. The maximum absolute atomic E-state index is 13.0. The number of carbonyl (C=O) groups is 1. The zero-order valence-corrected chi connectivity index (χ0v) is 17.3. The van der Waals surface area contributed by atoms with Gasteiger partial charge in [0.2, 0.25) is 0 Å². The summed E-state index contributed by atoms with van der Waals surface area (Å²) in [6.07, 6.45) is 0. The second kappa shape index (κ2) is 8.92. The SMILES string of the molecule is C[C@H](CNC(=O)c1ccccc1N(C)S(=O)(=O)c1ccccc1)c1ccccc1. The summed E-state index contributed by atoms with van der Waals surface area (Å²) in [6.45, 7) is 2.49. The predicted octanol–water partition coefficient (Wildman–Crippen LogP) is 4.05. The third-order valence-corrected chi connectivity index (χ3v) is 6.61. The summed E-state index contributed by atoms with van der Waals surface area (Å²) in [4.78, 5) is 13.0. The van der Waals surface area contributed by atoms with Crippen LogP contribution in [0.2, 0.25) is 0 Å². The zero-order valence-electron chi connectivity index (χ0n) is 16.4. The highest BCUT2D eigenvalue weighted by atomic mass is 32.2. The van der Waals surface area contributed by atoms with Crippen LogP contribution in [0.15, 0.2) is 89.8 Å². The molecule has 0 saturated carbocycles. The molecule has 0 radical (unpaired) electrons. The van der Waals surface area contributed by atoms with Gasteiger partial charge >= 0.3 is 0 Å². The molecule has 0 heterocycles. The van der Waals surface area contributed by atoms with E-state index in [-0.39, 0.29) is 16.7 Å². The molecule has 0 unspecified atom stereocenters. The van der Waals surface area contributed by atoms with E-state index in [0.29, 0.717) is 17.8 Å². The largest absolute Gasteiger partial charge is 0.351 e. The van der Waals surface area contributed by atoms with Crippen LogP contribution in [0.5, 0.6) is 0 Å². The maximum Gasteiger partial charge on any atom is 0.264 e. The molecule has 6 heteroatoms. The number of hydrogen-bond acceptors (Lipinski definition) is 3. The Kier molecular flexibility index (Phi) is 6.34. The van der Waals surface area contributed by atoms with Crippen LogP contribution < -0.4 is 9.62 Å². The van der Waals surface area contributed by atoms with Crippen molar-refractivity contribution in [2.24, 2.45) is 0 Å². The van der Waals surface area contributed by atoms with Crippen molar-refractivity contribution < 1.29 is 13.2 Å². The molecule has 1 N–H and O–H groups in total. The normalized spacial score (nSPS) is 12.2. The van der Waals surface area contributed by atoms with Gasteiger partial charge in [0.1, 0.15) is 0 Å². The first kappa shape index (κ1) is 20.6. The summed E-state index contributed by atoms with van der Waals surface area (Å²) in [7, 11) is -2.31. The van der Waals surface area contributed by atoms with E-state index in [1.165, 1.54) is 19.2 Å². The van der Waals surface area contributed by atoms with Crippen molar-refractivity contribution in [1.82, 2.24) is 5.32 Å². The van der Waals surface area contributed by atoms with Crippen molar-refractivity contribution in [3.63, 3.8) is 0 Å². The second-order valence-corrected chi connectivity index (χ2v) is 8.79. The van der Waals surface area contributed by atoms with Gasteiger partial charge in [-0.2, -0.15) is 0 Å². The molecule has 29 heavy (non-hydrogen) atoms. The Bertz CT molecular complexity index is 1070. The highest BCUT2D eigenvalue weighted by Gasteiger charge is 2.24. The van der Waals surface area contributed by atoms with E-state index in [1.807, 2.05) is 37.3 Å². The van der Waals surface area contributed by atoms with Crippen LogP contribution in [0.3, 0.4) is 0 Å². The van der Waals surface area contributed by atoms with Gasteiger partial charge in [-0.1, -0.05) is 67.6 Å². The van der Waals surface area contributed by atoms with Gasteiger partial charge in [0, 0.05) is 13.6 Å². The molecule has 1 atom stereocenters. The maximum atomic E-state index is 13.0. The average molecular weight is 409 g/mol. The Morgan fingerprint density at radius 1 is 0.897 bits per heavy atom. The summed E-state index contributed by atoms with van der Waals surface area (Å²) >= 11 is 0. The number of amides is 1. The summed E-state index contributed by atoms with van der Waals surface area (Å²) in [5, 5.41) is 2.92. The lowest BCUT2D eigenvalue weighted by Gasteiger charge is -2.22. The summed E-state index contributed by atoms with van der Waals surface area (Å²) in [6, 6.07) is 24.8. The molecule has 0 bridgehead atoms. The van der Waals surface area contributed by atoms with E-state index in [4.69, 9.17) is 0 Å². The van der Waals surface area contributed by atoms with Gasteiger partial charge in [0.25, 0.3) is 15.9 Å². The smallest absolute Gasteiger partial charge is 0.264 e. The fourth-order valence-corrected chi connectivity index (χ4v) is 4.30. The topological polar surface area (TPSA) is 66.5 Å². The fourth-order valence-electron chi connectivity index (χ4n) is 3.06. The lowest BCUT2D eigenvalue weighted by molar-refractivity contribution is 0.0952. The third kappa shape index (κ3) is 4.66. The number of para-hydroxylation sites is 1. The van der Waals surface area contributed by atoms with Gasteiger partial charge in [-0.3, -0.25) is 9.10 Å². The summed E-state index contributed by atoms with van der Waals surface area (Å²) in [5.41, 5.74) is 1.78. The van der Waals surface area contributed by atoms with Gasteiger partial charge < -0.3 is 5.32 Å². The molecule has 0 aliphatic carbocycles. The molecular formula is C23H24N2O3S. The van der Waals surface area contributed by atoms with Crippen LogP contribution in [-0.2, 0) is 10.0 Å². The van der Waals surface area contributed by atoms with Crippen molar-refractivity contribution in [2.75, 3.05) is 17.9 Å². The van der Waals surface area contributed by atoms with Gasteiger partial charge in [0.05, 0.1) is 16.1 Å². The number of benzene rings is 3. The van der Waals surface area contributed by atoms with Gasteiger partial charge in [0.15, 0.2) is 0 Å². The van der Waals surface area contributed by atoms with Gasteiger partial charge in [-0.15, -0.1) is 0 Å².